The van der Waals surface area contributed by atoms with Crippen molar-refractivity contribution in [2.45, 2.75) is 0 Å². The van der Waals surface area contributed by atoms with Crippen molar-refractivity contribution >= 4 is 23.0 Å². The largest absolute Gasteiger partial charge is 0.494 e. The number of carbonyl (C=O) groups is 1. The molecular weight excluding hydrogens is 374 g/mol. The molecule has 5 rings (SSSR count). The molecule has 0 fully saturated rings. The van der Waals surface area contributed by atoms with Gasteiger partial charge in [-0.2, -0.15) is 0 Å². The van der Waals surface area contributed by atoms with E-state index in [9.17, 15) is 9.90 Å². The first-order valence-electron chi connectivity index (χ1n) is 9.66. The number of benzene rings is 3. The quantitative estimate of drug-likeness (QED) is 0.504. The molecular formula is C25H19N3O2. The number of hydrogen-bond acceptors (Lipinski definition) is 3. The molecule has 4 aromatic rings. The minimum atomic E-state index is -0.346. The van der Waals surface area contributed by atoms with Gasteiger partial charge >= 0.3 is 0 Å². The Bertz CT molecular complexity index is 1260. The minimum Gasteiger partial charge on any atom is -0.494 e. The first kappa shape index (κ1) is 17.9. The number of aliphatic imine (C=N–C) groups is 1. The van der Waals surface area contributed by atoms with Gasteiger partial charge in [-0.15, -0.1) is 0 Å². The van der Waals surface area contributed by atoms with E-state index in [0.29, 0.717) is 22.5 Å². The first-order valence-corrected chi connectivity index (χ1v) is 9.66. The predicted molar refractivity (Wildman–Crippen MR) is 119 cm³/mol. The zero-order valence-corrected chi connectivity index (χ0v) is 16.3. The molecule has 0 radical (unpaired) electrons. The zero-order chi connectivity index (χ0) is 20.7. The summed E-state index contributed by atoms with van der Waals surface area (Å²) in [4.78, 5) is 22.0. The average Bonchev–Trinajstić information content (AvgIpc) is 3.33. The zero-order valence-electron chi connectivity index (χ0n) is 16.3. The van der Waals surface area contributed by atoms with Crippen molar-refractivity contribution in [1.29, 1.82) is 0 Å². The van der Waals surface area contributed by atoms with Crippen molar-refractivity contribution in [2.24, 2.45) is 4.99 Å². The van der Waals surface area contributed by atoms with Crippen LogP contribution in [0.1, 0.15) is 21.5 Å². The molecule has 0 bridgehead atoms. The van der Waals surface area contributed by atoms with Gasteiger partial charge in [-0.3, -0.25) is 4.79 Å². The van der Waals surface area contributed by atoms with Crippen LogP contribution >= 0.6 is 0 Å². The number of aromatic nitrogens is 1. The molecule has 0 unspecified atom stereocenters. The molecule has 1 aliphatic heterocycles. The maximum Gasteiger partial charge on any atom is 0.280 e. The van der Waals surface area contributed by atoms with E-state index in [1.165, 1.54) is 0 Å². The Morgan fingerprint density at radius 3 is 2.03 bits per heavy atom. The molecule has 5 nitrogen and oxygen atoms in total. The highest BCUT2D eigenvalue weighted by Crippen LogP contribution is 2.38. The SMILES string of the molecule is CN(c1ccccc1)c1ccc(C2=NC(=O)c3c(-c4ccccc4)[nH]c(O)c32)cc1. The van der Waals surface area contributed by atoms with Gasteiger partial charge in [0.25, 0.3) is 5.91 Å². The lowest BCUT2D eigenvalue weighted by Crippen LogP contribution is -2.09. The molecule has 1 aromatic heterocycles. The molecule has 30 heavy (non-hydrogen) atoms. The van der Waals surface area contributed by atoms with Gasteiger partial charge < -0.3 is 15.0 Å². The molecule has 0 atom stereocenters. The standard InChI is InChI=1S/C25H19N3O2/c1-28(18-10-6-3-7-11-18)19-14-12-17(13-15-19)23-21-20(24(29)27-23)22(26-25(21)30)16-8-4-2-5-9-16/h2-15,26,30H,1H3. The molecule has 1 aliphatic rings. The van der Waals surface area contributed by atoms with Gasteiger partial charge in [0.1, 0.15) is 0 Å². The molecule has 5 heteroatoms. The number of anilines is 2. The fraction of sp³-hybridized carbons (Fsp3) is 0.0400. The molecule has 0 saturated heterocycles. The summed E-state index contributed by atoms with van der Waals surface area (Å²) < 4.78 is 0. The molecule has 1 amide bonds. The number of nitrogens with one attached hydrogen (secondary N) is 1. The molecule has 2 N–H and O–H groups in total. The smallest absolute Gasteiger partial charge is 0.280 e. The Morgan fingerprint density at radius 1 is 0.767 bits per heavy atom. The molecule has 146 valence electrons. The van der Waals surface area contributed by atoms with Gasteiger partial charge in [0.15, 0.2) is 5.88 Å². The van der Waals surface area contributed by atoms with Crippen LogP contribution in [0.5, 0.6) is 5.88 Å². The van der Waals surface area contributed by atoms with Crippen LogP contribution in [0.15, 0.2) is 89.9 Å². The average molecular weight is 393 g/mol. The monoisotopic (exact) mass is 393 g/mol. The van der Waals surface area contributed by atoms with Gasteiger partial charge in [0.2, 0.25) is 0 Å². The van der Waals surface area contributed by atoms with Crippen LogP contribution in [0.25, 0.3) is 11.3 Å². The lowest BCUT2D eigenvalue weighted by Gasteiger charge is -2.19. The molecule has 3 aromatic carbocycles. The highest BCUT2D eigenvalue weighted by Gasteiger charge is 2.33. The highest BCUT2D eigenvalue weighted by atomic mass is 16.3. The van der Waals surface area contributed by atoms with Crippen LogP contribution < -0.4 is 4.90 Å². The molecule has 0 spiro atoms. The normalized spacial score (nSPS) is 12.6. The van der Waals surface area contributed by atoms with E-state index in [0.717, 1.165) is 22.5 Å². The number of aromatic hydroxyl groups is 1. The summed E-state index contributed by atoms with van der Waals surface area (Å²) in [5.74, 6) is -0.389. The summed E-state index contributed by atoms with van der Waals surface area (Å²) in [6.07, 6.45) is 0. The number of fused-ring (bicyclic) bond motifs is 1. The third-order valence-corrected chi connectivity index (χ3v) is 5.38. The number of amides is 1. The minimum absolute atomic E-state index is 0.0427. The molecule has 2 heterocycles. The van der Waals surface area contributed by atoms with E-state index < -0.39 is 0 Å². The third kappa shape index (κ3) is 2.88. The maximum absolute atomic E-state index is 12.7. The van der Waals surface area contributed by atoms with E-state index in [1.54, 1.807) is 0 Å². The summed E-state index contributed by atoms with van der Waals surface area (Å²) in [5, 5.41) is 10.6. The second-order valence-corrected chi connectivity index (χ2v) is 7.17. The van der Waals surface area contributed by atoms with Crippen molar-refractivity contribution in [3.05, 3.63) is 102 Å². The Labute approximate surface area is 174 Å². The van der Waals surface area contributed by atoms with Gasteiger partial charge in [-0.1, -0.05) is 60.7 Å². The van der Waals surface area contributed by atoms with Crippen LogP contribution in [0.2, 0.25) is 0 Å². The number of hydrogen-bond donors (Lipinski definition) is 2. The van der Waals surface area contributed by atoms with Crippen LogP contribution in [-0.4, -0.2) is 28.8 Å². The fourth-order valence-electron chi connectivity index (χ4n) is 3.82. The van der Waals surface area contributed by atoms with E-state index in [4.69, 9.17) is 0 Å². The molecule has 0 saturated carbocycles. The maximum atomic E-state index is 12.7. The summed E-state index contributed by atoms with van der Waals surface area (Å²) in [7, 11) is 2.00. The lowest BCUT2D eigenvalue weighted by molar-refractivity contribution is 0.101. The van der Waals surface area contributed by atoms with Gasteiger partial charge in [0, 0.05) is 24.0 Å². The Hall–Kier alpha value is -4.12. The van der Waals surface area contributed by atoms with E-state index >= 15 is 0 Å². The summed E-state index contributed by atoms with van der Waals surface area (Å²) in [6.45, 7) is 0. The summed E-state index contributed by atoms with van der Waals surface area (Å²) in [5.41, 5.74) is 5.66. The first-order chi connectivity index (χ1) is 14.6. The van der Waals surface area contributed by atoms with Crippen LogP contribution in [0.3, 0.4) is 0 Å². The predicted octanol–water partition coefficient (Wildman–Crippen LogP) is 5.15. The van der Waals surface area contributed by atoms with E-state index in [2.05, 4.69) is 14.9 Å². The highest BCUT2D eigenvalue weighted by molar-refractivity contribution is 6.30. The number of para-hydroxylation sites is 1. The van der Waals surface area contributed by atoms with Gasteiger partial charge in [-0.25, -0.2) is 4.99 Å². The van der Waals surface area contributed by atoms with Crippen molar-refractivity contribution in [3.63, 3.8) is 0 Å². The van der Waals surface area contributed by atoms with Crippen LogP contribution in [-0.2, 0) is 0 Å². The second kappa shape index (κ2) is 7.04. The number of aromatic amines is 1. The topological polar surface area (TPSA) is 68.7 Å². The Morgan fingerprint density at radius 2 is 1.37 bits per heavy atom. The molecule has 0 aliphatic carbocycles. The third-order valence-electron chi connectivity index (χ3n) is 5.38. The van der Waals surface area contributed by atoms with Crippen molar-refractivity contribution < 1.29 is 9.90 Å². The summed E-state index contributed by atoms with van der Waals surface area (Å²) in [6, 6.07) is 27.4. The van der Waals surface area contributed by atoms with Crippen molar-refractivity contribution in [3.8, 4) is 17.1 Å². The van der Waals surface area contributed by atoms with E-state index in [1.807, 2.05) is 92.0 Å². The van der Waals surface area contributed by atoms with E-state index in [-0.39, 0.29) is 11.8 Å². The van der Waals surface area contributed by atoms with Gasteiger partial charge in [-0.05, 0) is 29.8 Å². The van der Waals surface area contributed by atoms with Crippen molar-refractivity contribution in [1.82, 2.24) is 4.98 Å². The van der Waals surface area contributed by atoms with Gasteiger partial charge in [0.05, 0.1) is 22.5 Å². The number of nitrogens with zero attached hydrogens (tertiary/aromatic N) is 2. The number of carbonyl (C=O) groups excluding carboxylic acids is 1. The van der Waals surface area contributed by atoms with Crippen LogP contribution in [0.4, 0.5) is 11.4 Å². The Kier molecular flexibility index (Phi) is 4.21. The Balaban J connectivity index is 1.51. The van der Waals surface area contributed by atoms with Crippen molar-refractivity contribution in [2.75, 3.05) is 11.9 Å². The summed E-state index contributed by atoms with van der Waals surface area (Å²) >= 11 is 0. The fourth-order valence-corrected chi connectivity index (χ4v) is 3.82. The number of rotatable bonds is 4. The number of H-pyrrole nitrogens is 1. The lowest BCUT2D eigenvalue weighted by atomic mass is 10.00. The second-order valence-electron chi connectivity index (χ2n) is 7.17. The van der Waals surface area contributed by atoms with Crippen LogP contribution in [0, 0.1) is 0 Å².